The van der Waals surface area contributed by atoms with Gasteiger partial charge in [-0.25, -0.2) is 5.53 Å². The molecule has 0 heterocycles. The average Bonchev–Trinajstić information content (AvgIpc) is 1.61. The summed E-state index contributed by atoms with van der Waals surface area (Å²) in [5, 5.41) is 2.85. The predicted octanol–water partition coefficient (Wildman–Crippen LogP) is -0.0481. The number of nitrogens with one attached hydrogen (secondary N) is 2. The van der Waals surface area contributed by atoms with Gasteiger partial charge in [0.1, 0.15) is 0 Å². The molecule has 0 spiro atoms. The molecule has 0 bridgehead atoms. The van der Waals surface area contributed by atoms with Crippen molar-refractivity contribution in [3.63, 3.8) is 0 Å². The summed E-state index contributed by atoms with van der Waals surface area (Å²) in [5.41, 5.74) is 8.32. The van der Waals surface area contributed by atoms with Crippen LogP contribution in [0.15, 0.2) is 17.5 Å². The molecule has 0 fully saturated rings. The van der Waals surface area contributed by atoms with Crippen molar-refractivity contribution in [3.05, 3.63) is 12.4 Å². The van der Waals surface area contributed by atoms with Crippen LogP contribution in [0.1, 0.15) is 0 Å². The van der Waals surface area contributed by atoms with E-state index in [1.807, 2.05) is 0 Å². The molecule has 0 rings (SSSR count). The Kier molecular flexibility index (Phi) is 3.48. The molecule has 0 unspecified atom stereocenters. The fourth-order valence-corrected chi connectivity index (χ4v) is 0.0803. The number of nitrogens with two attached hydrogens (primary N) is 1. The lowest BCUT2D eigenvalue weighted by Gasteiger charge is -1.76. The zero-order valence-corrected chi connectivity index (χ0v) is 3.18. The Morgan fingerprint density at radius 3 is 2.67 bits per heavy atom. The van der Waals surface area contributed by atoms with E-state index < -0.39 is 0 Å². The van der Waals surface area contributed by atoms with Gasteiger partial charge >= 0.3 is 0 Å². The van der Waals surface area contributed by atoms with Crippen molar-refractivity contribution in [2.45, 2.75) is 0 Å². The Morgan fingerprint density at radius 1 is 1.83 bits per heavy atom. The third-order valence-electron chi connectivity index (χ3n) is 0.245. The van der Waals surface area contributed by atoms with Crippen LogP contribution >= 0.6 is 0 Å². The molecule has 0 atom stereocenters. The summed E-state index contributed by atoms with van der Waals surface area (Å²) in [4.78, 5) is 0. The fraction of sp³-hybridized carbons (Fsp3) is 0. The Morgan fingerprint density at radius 2 is 2.50 bits per heavy atom. The number of hydrogen-bond donors (Lipinski definition) is 3. The number of hydrazine groups is 1. The van der Waals surface area contributed by atoms with E-state index in [9.17, 15) is 0 Å². The molecule has 0 aromatic rings. The van der Waals surface area contributed by atoms with Crippen LogP contribution in [0.2, 0.25) is 0 Å². The van der Waals surface area contributed by atoms with Crippen LogP contribution in [-0.2, 0) is 0 Å². The van der Waals surface area contributed by atoms with Crippen molar-refractivity contribution in [3.8, 4) is 0 Å². The second-order valence-corrected chi connectivity index (χ2v) is 0.612. The second-order valence-electron chi connectivity index (χ2n) is 0.612. The number of rotatable bonds is 2. The van der Waals surface area contributed by atoms with Gasteiger partial charge in [0.25, 0.3) is 0 Å². The quantitative estimate of drug-likeness (QED) is 0.250. The molecule has 0 aliphatic carbocycles. The molecule has 4 nitrogen and oxygen atoms in total. The van der Waals surface area contributed by atoms with Crippen LogP contribution in [-0.4, -0.2) is 0 Å². The van der Waals surface area contributed by atoms with Gasteiger partial charge in [0.2, 0.25) is 0 Å². The summed E-state index contributed by atoms with van der Waals surface area (Å²) < 4.78 is 0. The highest BCUT2D eigenvalue weighted by atomic mass is 15.2. The van der Waals surface area contributed by atoms with E-state index in [1.165, 1.54) is 12.4 Å². The highest BCUT2D eigenvalue weighted by molar-refractivity contribution is 4.70. The van der Waals surface area contributed by atoms with Gasteiger partial charge in [-0.1, -0.05) is 0 Å². The average molecular weight is 86.1 g/mol. The van der Waals surface area contributed by atoms with Crippen molar-refractivity contribution in [2.75, 3.05) is 0 Å². The molecule has 0 saturated heterocycles. The van der Waals surface area contributed by atoms with Crippen LogP contribution in [0.3, 0.4) is 0 Å². The van der Waals surface area contributed by atoms with Gasteiger partial charge < -0.3 is 5.43 Å². The Labute approximate surface area is 35.5 Å². The monoisotopic (exact) mass is 86.1 g/mol. The van der Waals surface area contributed by atoms with Gasteiger partial charge in [0.15, 0.2) is 0 Å². The molecule has 34 valence electrons. The highest BCUT2D eigenvalue weighted by Crippen LogP contribution is 1.61. The summed E-state index contributed by atoms with van der Waals surface area (Å²) in [6.45, 7) is 0. The molecule has 0 saturated carbocycles. The molecule has 0 aromatic heterocycles. The minimum atomic E-state index is 1.24. The smallest absolute Gasteiger partial charge is 0.0659 e. The first kappa shape index (κ1) is 5.10. The van der Waals surface area contributed by atoms with Gasteiger partial charge in [-0.3, -0.25) is 5.84 Å². The Balaban J connectivity index is 2.94. The van der Waals surface area contributed by atoms with Crippen molar-refractivity contribution in [1.82, 2.24) is 5.43 Å². The zero-order chi connectivity index (χ0) is 4.83. The van der Waals surface area contributed by atoms with E-state index in [2.05, 4.69) is 10.5 Å². The normalized spacial score (nSPS) is 8.83. The lowest BCUT2D eigenvalue weighted by molar-refractivity contribution is 0.954. The molecular weight excluding hydrogens is 80.1 g/mol. The maximum Gasteiger partial charge on any atom is 0.0659 e. The van der Waals surface area contributed by atoms with E-state index >= 15 is 0 Å². The van der Waals surface area contributed by atoms with Crippen LogP contribution in [0, 0.1) is 5.53 Å². The third-order valence-corrected chi connectivity index (χ3v) is 0.245. The van der Waals surface area contributed by atoms with Crippen molar-refractivity contribution < 1.29 is 0 Å². The molecule has 4 N–H and O–H groups in total. The maximum absolute atomic E-state index is 6.15. The Hall–Kier alpha value is -0.900. The van der Waals surface area contributed by atoms with Gasteiger partial charge in [-0.05, 0) is 0 Å². The first-order valence-electron chi connectivity index (χ1n) is 1.39. The summed E-state index contributed by atoms with van der Waals surface area (Å²) >= 11 is 0. The fourth-order valence-electron chi connectivity index (χ4n) is 0.0803. The third kappa shape index (κ3) is 3.10. The summed E-state index contributed by atoms with van der Waals surface area (Å²) in [6, 6.07) is 0. The Bertz CT molecular complexity index is 56.6. The van der Waals surface area contributed by atoms with Crippen LogP contribution in [0.5, 0.6) is 0 Å². The molecular formula is C2H6N4. The van der Waals surface area contributed by atoms with E-state index in [0.29, 0.717) is 0 Å². The topological polar surface area (TPSA) is 74.3 Å². The molecule has 0 amide bonds. The van der Waals surface area contributed by atoms with Crippen molar-refractivity contribution in [1.29, 1.82) is 5.53 Å². The first-order valence-corrected chi connectivity index (χ1v) is 1.39. The predicted molar refractivity (Wildman–Crippen MR) is 21.6 cm³/mol. The summed E-state index contributed by atoms with van der Waals surface area (Å²) in [6.07, 6.45) is 2.59. The first-order chi connectivity index (χ1) is 2.91. The molecule has 0 radical (unpaired) electrons. The lowest BCUT2D eigenvalue weighted by atomic mass is 10.9. The van der Waals surface area contributed by atoms with Gasteiger partial charge in [0.05, 0.1) is 6.20 Å². The van der Waals surface area contributed by atoms with Crippen LogP contribution in [0.4, 0.5) is 0 Å². The number of nitrogens with zero attached hydrogens (tertiary/aromatic N) is 1. The van der Waals surface area contributed by atoms with E-state index in [-0.39, 0.29) is 0 Å². The molecule has 6 heavy (non-hydrogen) atoms. The molecule has 4 heteroatoms. The van der Waals surface area contributed by atoms with E-state index in [0.717, 1.165) is 0 Å². The van der Waals surface area contributed by atoms with E-state index in [1.54, 1.807) is 0 Å². The van der Waals surface area contributed by atoms with Crippen LogP contribution in [0.25, 0.3) is 0 Å². The molecule has 0 aromatic carbocycles. The van der Waals surface area contributed by atoms with E-state index in [4.69, 9.17) is 11.4 Å². The van der Waals surface area contributed by atoms with Crippen molar-refractivity contribution >= 4 is 0 Å². The second kappa shape index (κ2) is 4.10. The highest BCUT2D eigenvalue weighted by Gasteiger charge is 1.51. The van der Waals surface area contributed by atoms with Crippen LogP contribution < -0.4 is 11.3 Å². The zero-order valence-electron chi connectivity index (χ0n) is 3.18. The number of hydrogen-bond acceptors (Lipinski definition) is 4. The largest absolute Gasteiger partial charge is 0.330 e. The summed E-state index contributed by atoms with van der Waals surface area (Å²) in [5.74, 6) is 4.73. The standard InChI is InChI=1S/C2H6N4/c3-5-1-2-6-4/h1-3,6H,4H2/b2-1-,5-3?. The summed E-state index contributed by atoms with van der Waals surface area (Å²) in [7, 11) is 0. The SMILES string of the molecule is N=N/C=C\NN. The maximum atomic E-state index is 6.15. The van der Waals surface area contributed by atoms with Gasteiger partial charge in [-0.15, -0.1) is 0 Å². The molecule has 0 aliphatic heterocycles. The van der Waals surface area contributed by atoms with Gasteiger partial charge in [0, 0.05) is 6.20 Å². The minimum Gasteiger partial charge on any atom is -0.330 e. The van der Waals surface area contributed by atoms with Gasteiger partial charge in [-0.2, -0.15) is 5.11 Å². The van der Waals surface area contributed by atoms with Crippen molar-refractivity contribution in [2.24, 2.45) is 11.0 Å². The molecule has 0 aliphatic rings. The lowest BCUT2D eigenvalue weighted by Crippen LogP contribution is -2.12. The minimum absolute atomic E-state index is 1.24.